The average molecular weight is 458 g/mol. The second-order valence-corrected chi connectivity index (χ2v) is 8.25. The van der Waals surface area contributed by atoms with Gasteiger partial charge in [-0.1, -0.05) is 44.0 Å². The third-order valence-electron chi connectivity index (χ3n) is 5.47. The van der Waals surface area contributed by atoms with Gasteiger partial charge in [-0.25, -0.2) is 4.79 Å². The molecule has 0 saturated heterocycles. The Hall–Kier alpha value is -3.22. The summed E-state index contributed by atoms with van der Waals surface area (Å²) in [6.07, 6.45) is 0.391. The van der Waals surface area contributed by atoms with E-state index in [9.17, 15) is 18.0 Å². The Morgan fingerprint density at radius 2 is 1.82 bits per heavy atom. The SMILES string of the molecule is CCCCCN(Cc1cccn1Cc1cccc(C(F)(F)F)c1)C(=O)Nc1cccc(C)c1. The molecule has 4 nitrogen and oxygen atoms in total. The molecule has 2 aromatic carbocycles. The molecule has 0 aliphatic carbocycles. The van der Waals surface area contributed by atoms with Gasteiger partial charge in [-0.15, -0.1) is 0 Å². The lowest BCUT2D eigenvalue weighted by atomic mass is 10.1. The van der Waals surface area contributed by atoms with Gasteiger partial charge in [-0.3, -0.25) is 0 Å². The normalized spacial score (nSPS) is 11.4. The molecule has 0 aliphatic heterocycles. The lowest BCUT2D eigenvalue weighted by Crippen LogP contribution is -2.36. The van der Waals surface area contributed by atoms with E-state index in [2.05, 4.69) is 12.2 Å². The minimum atomic E-state index is -4.38. The minimum absolute atomic E-state index is 0.191. The molecule has 0 atom stereocenters. The molecule has 1 heterocycles. The van der Waals surface area contributed by atoms with Gasteiger partial charge in [0.1, 0.15) is 0 Å². The first-order valence-electron chi connectivity index (χ1n) is 11.2. The van der Waals surface area contributed by atoms with Crippen LogP contribution in [0.3, 0.4) is 0 Å². The average Bonchev–Trinajstić information content (AvgIpc) is 3.19. The van der Waals surface area contributed by atoms with E-state index in [1.807, 2.05) is 54.1 Å². The molecule has 3 rings (SSSR count). The summed E-state index contributed by atoms with van der Waals surface area (Å²) in [5.74, 6) is 0. The fraction of sp³-hybridized carbons (Fsp3) is 0.346. The zero-order chi connectivity index (χ0) is 23.8. The van der Waals surface area contributed by atoms with Crippen molar-refractivity contribution in [1.82, 2.24) is 9.47 Å². The molecule has 2 amide bonds. The number of rotatable bonds is 9. The van der Waals surface area contributed by atoms with E-state index in [-0.39, 0.29) is 6.03 Å². The van der Waals surface area contributed by atoms with Crippen LogP contribution in [0.1, 0.15) is 48.6 Å². The third-order valence-corrected chi connectivity index (χ3v) is 5.47. The number of urea groups is 1. The lowest BCUT2D eigenvalue weighted by Gasteiger charge is -2.24. The molecular formula is C26H30F3N3O. The van der Waals surface area contributed by atoms with Gasteiger partial charge in [0.15, 0.2) is 0 Å². The van der Waals surface area contributed by atoms with Crippen LogP contribution in [-0.4, -0.2) is 22.0 Å². The molecule has 0 saturated carbocycles. The third kappa shape index (κ3) is 7.14. The van der Waals surface area contributed by atoms with Gasteiger partial charge in [0.25, 0.3) is 0 Å². The zero-order valence-electron chi connectivity index (χ0n) is 19.0. The summed E-state index contributed by atoms with van der Waals surface area (Å²) >= 11 is 0. The van der Waals surface area contributed by atoms with Crippen molar-refractivity contribution < 1.29 is 18.0 Å². The molecule has 0 spiro atoms. The Balaban J connectivity index is 1.75. The molecule has 0 bridgehead atoms. The number of carbonyl (C=O) groups is 1. The summed E-state index contributed by atoms with van der Waals surface area (Å²) in [4.78, 5) is 14.8. The molecule has 176 valence electrons. The number of benzene rings is 2. The van der Waals surface area contributed by atoms with Crippen LogP contribution in [0.2, 0.25) is 0 Å². The van der Waals surface area contributed by atoms with E-state index in [0.29, 0.717) is 25.2 Å². The number of amides is 2. The minimum Gasteiger partial charge on any atom is -0.345 e. The predicted octanol–water partition coefficient (Wildman–Crippen LogP) is 7.09. The topological polar surface area (TPSA) is 37.3 Å². The van der Waals surface area contributed by atoms with Gasteiger partial charge < -0.3 is 14.8 Å². The van der Waals surface area contributed by atoms with Gasteiger partial charge >= 0.3 is 12.2 Å². The highest BCUT2D eigenvalue weighted by molar-refractivity contribution is 5.89. The Morgan fingerprint density at radius 1 is 1.03 bits per heavy atom. The van der Waals surface area contributed by atoms with Gasteiger partial charge in [0, 0.05) is 30.7 Å². The van der Waals surface area contributed by atoms with Gasteiger partial charge in [-0.2, -0.15) is 13.2 Å². The smallest absolute Gasteiger partial charge is 0.345 e. The summed E-state index contributed by atoms with van der Waals surface area (Å²) in [5.41, 5.74) is 2.56. The fourth-order valence-corrected chi connectivity index (χ4v) is 3.72. The van der Waals surface area contributed by atoms with Crippen LogP contribution in [0.5, 0.6) is 0 Å². The number of aryl methyl sites for hydroxylation is 1. The number of alkyl halides is 3. The highest BCUT2D eigenvalue weighted by atomic mass is 19.4. The zero-order valence-corrected chi connectivity index (χ0v) is 19.0. The maximum absolute atomic E-state index is 13.1. The number of hydrogen-bond acceptors (Lipinski definition) is 1. The van der Waals surface area contributed by atoms with Crippen LogP contribution in [0.4, 0.5) is 23.7 Å². The number of unbranched alkanes of at least 4 members (excludes halogenated alkanes) is 2. The predicted molar refractivity (Wildman–Crippen MR) is 125 cm³/mol. The van der Waals surface area contributed by atoms with Crippen molar-refractivity contribution in [3.8, 4) is 0 Å². The largest absolute Gasteiger partial charge is 0.416 e. The second kappa shape index (κ2) is 11.1. The molecule has 1 aromatic heterocycles. The summed E-state index contributed by atoms with van der Waals surface area (Å²) < 4.78 is 41.1. The van der Waals surface area contributed by atoms with E-state index in [1.165, 1.54) is 12.1 Å². The number of aromatic nitrogens is 1. The van der Waals surface area contributed by atoms with E-state index in [1.54, 1.807) is 11.0 Å². The van der Waals surface area contributed by atoms with Crippen molar-refractivity contribution in [3.05, 3.63) is 89.2 Å². The number of halogens is 3. The summed E-state index contributed by atoms with van der Waals surface area (Å²) in [7, 11) is 0. The number of nitrogens with one attached hydrogen (secondary N) is 1. The number of anilines is 1. The molecule has 0 radical (unpaired) electrons. The number of hydrogen-bond donors (Lipinski definition) is 1. The first-order chi connectivity index (χ1) is 15.8. The van der Waals surface area contributed by atoms with Gasteiger partial charge in [0.2, 0.25) is 0 Å². The van der Waals surface area contributed by atoms with Crippen molar-refractivity contribution in [3.63, 3.8) is 0 Å². The maximum Gasteiger partial charge on any atom is 0.416 e. The highest BCUT2D eigenvalue weighted by Gasteiger charge is 2.30. The van der Waals surface area contributed by atoms with E-state index in [0.717, 1.165) is 42.3 Å². The summed E-state index contributed by atoms with van der Waals surface area (Å²) in [5, 5.41) is 2.97. The van der Waals surface area contributed by atoms with Crippen LogP contribution in [0.25, 0.3) is 0 Å². The Labute approximate surface area is 193 Å². The molecule has 0 unspecified atom stereocenters. The Kier molecular flexibility index (Phi) is 8.20. The molecule has 0 aliphatic rings. The van der Waals surface area contributed by atoms with Crippen LogP contribution in [0.15, 0.2) is 66.9 Å². The Morgan fingerprint density at radius 3 is 2.55 bits per heavy atom. The van der Waals surface area contributed by atoms with E-state index >= 15 is 0 Å². The van der Waals surface area contributed by atoms with E-state index < -0.39 is 11.7 Å². The molecule has 7 heteroatoms. The first-order valence-corrected chi connectivity index (χ1v) is 11.2. The fourth-order valence-electron chi connectivity index (χ4n) is 3.72. The van der Waals surface area contributed by atoms with Crippen LogP contribution < -0.4 is 5.32 Å². The van der Waals surface area contributed by atoms with Crippen LogP contribution >= 0.6 is 0 Å². The standard InChI is InChI=1S/C26H30F3N3O/c1-3-4-5-14-32(25(33)30-23-12-6-9-20(2)16-23)19-24-13-8-15-31(24)18-21-10-7-11-22(17-21)26(27,28)29/h6-13,15-17H,3-5,14,18-19H2,1-2H3,(H,30,33). The van der Waals surface area contributed by atoms with Crippen molar-refractivity contribution in [2.75, 3.05) is 11.9 Å². The first kappa shape index (κ1) is 24.4. The molecule has 33 heavy (non-hydrogen) atoms. The lowest BCUT2D eigenvalue weighted by molar-refractivity contribution is -0.137. The molecule has 1 N–H and O–H groups in total. The highest BCUT2D eigenvalue weighted by Crippen LogP contribution is 2.29. The summed E-state index contributed by atoms with van der Waals surface area (Å²) in [6.45, 7) is 5.34. The second-order valence-electron chi connectivity index (χ2n) is 8.25. The van der Waals surface area contributed by atoms with Gasteiger partial charge in [0.05, 0.1) is 12.1 Å². The Bertz CT molecular complexity index is 1060. The van der Waals surface area contributed by atoms with Gasteiger partial charge in [-0.05, 0) is 60.9 Å². The number of carbonyl (C=O) groups excluding carboxylic acids is 1. The van der Waals surface area contributed by atoms with Crippen molar-refractivity contribution in [1.29, 1.82) is 0 Å². The van der Waals surface area contributed by atoms with Crippen molar-refractivity contribution >= 4 is 11.7 Å². The number of nitrogens with zero attached hydrogens (tertiary/aromatic N) is 2. The molecular weight excluding hydrogens is 427 g/mol. The molecule has 0 fully saturated rings. The van der Waals surface area contributed by atoms with Crippen molar-refractivity contribution in [2.45, 2.75) is 52.4 Å². The van der Waals surface area contributed by atoms with Crippen LogP contribution in [0, 0.1) is 6.92 Å². The maximum atomic E-state index is 13.1. The molecule has 3 aromatic rings. The summed E-state index contributed by atoms with van der Waals surface area (Å²) in [6, 6.07) is 16.6. The van der Waals surface area contributed by atoms with E-state index in [4.69, 9.17) is 0 Å². The van der Waals surface area contributed by atoms with Crippen molar-refractivity contribution in [2.24, 2.45) is 0 Å². The monoisotopic (exact) mass is 457 g/mol. The van der Waals surface area contributed by atoms with Crippen LogP contribution in [-0.2, 0) is 19.3 Å². The quantitative estimate of drug-likeness (QED) is 0.342.